The Kier molecular flexibility index (Phi) is 5.20. The number of aryl methyl sites for hydroxylation is 1. The molecule has 0 aliphatic carbocycles. The molecule has 1 fully saturated rings. The molecule has 1 aromatic heterocycles. The van der Waals surface area contributed by atoms with E-state index in [0.29, 0.717) is 0 Å². The van der Waals surface area contributed by atoms with E-state index < -0.39 is 0 Å². The lowest BCUT2D eigenvalue weighted by atomic mass is 9.99. The number of likely N-dealkylation sites (tertiary alicyclic amines) is 1. The van der Waals surface area contributed by atoms with Crippen LogP contribution in [0.4, 0.5) is 0 Å². The lowest BCUT2D eigenvalue weighted by molar-refractivity contribution is 0.141. The van der Waals surface area contributed by atoms with E-state index in [1.54, 1.807) is 0 Å². The van der Waals surface area contributed by atoms with E-state index in [2.05, 4.69) is 21.4 Å². The molecule has 1 unspecified atom stereocenters. The third-order valence-corrected chi connectivity index (χ3v) is 4.05. The summed E-state index contributed by atoms with van der Waals surface area (Å²) in [5, 5.41) is 7.51. The maximum Gasteiger partial charge on any atom is 0.0492 e. The first-order valence-electron chi connectivity index (χ1n) is 7.17. The van der Waals surface area contributed by atoms with Gasteiger partial charge in [0.05, 0.1) is 0 Å². The predicted octanol–water partition coefficient (Wildman–Crippen LogP) is 1.43. The van der Waals surface area contributed by atoms with Crippen molar-refractivity contribution in [3.63, 3.8) is 0 Å². The highest BCUT2D eigenvalue weighted by Gasteiger charge is 2.21. The third-order valence-electron chi connectivity index (χ3n) is 4.05. The van der Waals surface area contributed by atoms with Crippen LogP contribution < -0.4 is 5.32 Å². The molecule has 1 aliphatic rings. The van der Waals surface area contributed by atoms with Gasteiger partial charge in [-0.3, -0.25) is 9.58 Å². The fourth-order valence-electron chi connectivity index (χ4n) is 2.90. The summed E-state index contributed by atoms with van der Waals surface area (Å²) in [6, 6.07) is 2.91. The zero-order valence-corrected chi connectivity index (χ0v) is 11.7. The lowest BCUT2D eigenvalue weighted by Gasteiger charge is -2.35. The zero-order chi connectivity index (χ0) is 12.8. The summed E-state index contributed by atoms with van der Waals surface area (Å²) in [7, 11) is 4.08. The summed E-state index contributed by atoms with van der Waals surface area (Å²) < 4.78 is 1.99. The van der Waals surface area contributed by atoms with Crippen molar-refractivity contribution in [2.45, 2.75) is 38.1 Å². The van der Waals surface area contributed by atoms with Gasteiger partial charge in [0.2, 0.25) is 0 Å². The lowest BCUT2D eigenvalue weighted by Crippen LogP contribution is -2.42. The smallest absolute Gasteiger partial charge is 0.0492 e. The Balaban J connectivity index is 1.83. The van der Waals surface area contributed by atoms with E-state index in [9.17, 15) is 0 Å². The van der Waals surface area contributed by atoms with Crippen LogP contribution in [0.3, 0.4) is 0 Å². The van der Waals surface area contributed by atoms with E-state index in [1.807, 2.05) is 25.0 Å². The van der Waals surface area contributed by atoms with Crippen molar-refractivity contribution in [2.24, 2.45) is 7.05 Å². The van der Waals surface area contributed by atoms with Crippen molar-refractivity contribution < 1.29 is 0 Å². The molecule has 1 saturated heterocycles. The Hall–Kier alpha value is -0.870. The largest absolute Gasteiger partial charge is 0.320 e. The first-order chi connectivity index (χ1) is 8.81. The molecular formula is C14H26N4. The maximum atomic E-state index is 4.24. The standard InChI is InChI=1S/C14H26N4/c1-15-9-6-14-5-3-4-11-18(14)12-8-13-7-10-16-17(13)2/h7,10,14-15H,3-6,8-9,11-12H2,1-2H3. The monoisotopic (exact) mass is 250 g/mol. The van der Waals surface area contributed by atoms with Crippen LogP contribution in [0.1, 0.15) is 31.4 Å². The molecule has 0 spiro atoms. The molecule has 1 atom stereocenters. The minimum Gasteiger partial charge on any atom is -0.320 e. The van der Waals surface area contributed by atoms with Crippen molar-refractivity contribution in [1.29, 1.82) is 0 Å². The second-order valence-electron chi connectivity index (χ2n) is 5.27. The Morgan fingerprint density at radius 1 is 1.44 bits per heavy atom. The molecule has 0 aromatic carbocycles. The SMILES string of the molecule is CNCCC1CCCCN1CCc1ccnn1C. The minimum absolute atomic E-state index is 0.777. The number of piperidine rings is 1. The van der Waals surface area contributed by atoms with Crippen molar-refractivity contribution >= 4 is 0 Å². The van der Waals surface area contributed by atoms with Crippen LogP contribution >= 0.6 is 0 Å². The Bertz CT molecular complexity index is 347. The van der Waals surface area contributed by atoms with Gasteiger partial charge >= 0.3 is 0 Å². The highest BCUT2D eigenvalue weighted by molar-refractivity contribution is 5.00. The van der Waals surface area contributed by atoms with Gasteiger partial charge in [0.15, 0.2) is 0 Å². The Morgan fingerprint density at radius 3 is 3.06 bits per heavy atom. The van der Waals surface area contributed by atoms with Gasteiger partial charge in [0, 0.05) is 37.9 Å². The van der Waals surface area contributed by atoms with Crippen molar-refractivity contribution in [2.75, 3.05) is 26.7 Å². The maximum absolute atomic E-state index is 4.24. The van der Waals surface area contributed by atoms with Gasteiger partial charge in [-0.05, 0) is 45.5 Å². The van der Waals surface area contributed by atoms with E-state index in [-0.39, 0.29) is 0 Å². The van der Waals surface area contributed by atoms with Crippen LogP contribution in [0.2, 0.25) is 0 Å². The summed E-state index contributed by atoms with van der Waals surface area (Å²) >= 11 is 0. The molecule has 2 heterocycles. The normalized spacial score (nSPS) is 21.3. The second-order valence-corrected chi connectivity index (χ2v) is 5.27. The Labute approximate surface area is 110 Å². The molecule has 0 amide bonds. The highest BCUT2D eigenvalue weighted by atomic mass is 15.3. The number of nitrogens with zero attached hydrogens (tertiary/aromatic N) is 3. The topological polar surface area (TPSA) is 33.1 Å². The molecule has 18 heavy (non-hydrogen) atoms. The van der Waals surface area contributed by atoms with E-state index in [0.717, 1.165) is 19.0 Å². The Morgan fingerprint density at radius 2 is 2.33 bits per heavy atom. The van der Waals surface area contributed by atoms with Gasteiger partial charge < -0.3 is 5.32 Å². The van der Waals surface area contributed by atoms with Crippen LogP contribution in [-0.2, 0) is 13.5 Å². The molecule has 0 bridgehead atoms. The molecule has 1 N–H and O–H groups in total. The number of hydrogen-bond donors (Lipinski definition) is 1. The van der Waals surface area contributed by atoms with Crippen molar-refractivity contribution in [3.8, 4) is 0 Å². The quantitative estimate of drug-likeness (QED) is 0.829. The number of hydrogen-bond acceptors (Lipinski definition) is 3. The van der Waals surface area contributed by atoms with Gasteiger partial charge in [-0.2, -0.15) is 5.10 Å². The van der Waals surface area contributed by atoms with Crippen LogP contribution in [-0.4, -0.2) is 47.4 Å². The molecule has 1 aliphatic heterocycles. The number of aromatic nitrogens is 2. The minimum atomic E-state index is 0.777. The van der Waals surface area contributed by atoms with Crippen LogP contribution in [0.5, 0.6) is 0 Å². The molecule has 2 rings (SSSR count). The van der Waals surface area contributed by atoms with Gasteiger partial charge in [0.1, 0.15) is 0 Å². The summed E-state index contributed by atoms with van der Waals surface area (Å²) in [5.74, 6) is 0. The van der Waals surface area contributed by atoms with Gasteiger partial charge in [-0.25, -0.2) is 0 Å². The van der Waals surface area contributed by atoms with Crippen LogP contribution in [0.25, 0.3) is 0 Å². The first-order valence-corrected chi connectivity index (χ1v) is 7.17. The highest BCUT2D eigenvalue weighted by Crippen LogP contribution is 2.19. The molecule has 4 nitrogen and oxygen atoms in total. The molecule has 0 radical (unpaired) electrons. The molecule has 0 saturated carbocycles. The average Bonchev–Trinajstić information content (AvgIpc) is 2.80. The average molecular weight is 250 g/mol. The van der Waals surface area contributed by atoms with Crippen LogP contribution in [0, 0.1) is 0 Å². The first kappa shape index (κ1) is 13.6. The number of nitrogens with one attached hydrogen (secondary N) is 1. The molecular weight excluding hydrogens is 224 g/mol. The van der Waals surface area contributed by atoms with Crippen molar-refractivity contribution in [1.82, 2.24) is 20.0 Å². The summed E-state index contributed by atoms with van der Waals surface area (Å²) in [5.41, 5.74) is 1.34. The summed E-state index contributed by atoms with van der Waals surface area (Å²) in [6.45, 7) is 3.58. The third kappa shape index (κ3) is 3.56. The van der Waals surface area contributed by atoms with Crippen molar-refractivity contribution in [3.05, 3.63) is 18.0 Å². The van der Waals surface area contributed by atoms with Crippen LogP contribution in [0.15, 0.2) is 12.3 Å². The second kappa shape index (κ2) is 6.90. The zero-order valence-electron chi connectivity index (χ0n) is 11.7. The molecule has 102 valence electrons. The molecule has 4 heteroatoms. The fourth-order valence-corrected chi connectivity index (χ4v) is 2.90. The van der Waals surface area contributed by atoms with E-state index in [1.165, 1.54) is 44.5 Å². The number of rotatable bonds is 6. The predicted molar refractivity (Wildman–Crippen MR) is 74.7 cm³/mol. The van der Waals surface area contributed by atoms with Gasteiger partial charge in [0.25, 0.3) is 0 Å². The summed E-state index contributed by atoms with van der Waals surface area (Å²) in [6.07, 6.45) is 8.42. The van der Waals surface area contributed by atoms with Gasteiger partial charge in [-0.15, -0.1) is 0 Å². The van der Waals surface area contributed by atoms with E-state index in [4.69, 9.17) is 0 Å². The van der Waals surface area contributed by atoms with E-state index >= 15 is 0 Å². The fraction of sp³-hybridized carbons (Fsp3) is 0.786. The van der Waals surface area contributed by atoms with Gasteiger partial charge in [-0.1, -0.05) is 6.42 Å². The molecule has 1 aromatic rings. The summed E-state index contributed by atoms with van der Waals surface area (Å²) in [4.78, 5) is 2.67.